The fourth-order valence-electron chi connectivity index (χ4n) is 3.78. The molecule has 1 aromatic heterocycles. The van der Waals surface area contributed by atoms with Gasteiger partial charge in [-0.1, -0.05) is 48.0 Å². The number of anilines is 1. The highest BCUT2D eigenvalue weighted by Crippen LogP contribution is 2.20. The molecule has 4 aromatic rings. The summed E-state index contributed by atoms with van der Waals surface area (Å²) in [7, 11) is 0. The highest BCUT2D eigenvalue weighted by molar-refractivity contribution is 6.30. The summed E-state index contributed by atoms with van der Waals surface area (Å²) in [6.45, 7) is 4.56. The summed E-state index contributed by atoms with van der Waals surface area (Å²) in [4.78, 5) is 30.6. The molecule has 0 aliphatic rings. The van der Waals surface area contributed by atoms with Gasteiger partial charge in [0.05, 0.1) is 6.54 Å². The van der Waals surface area contributed by atoms with Gasteiger partial charge in [0.25, 0.3) is 5.56 Å². The molecule has 5 nitrogen and oxygen atoms in total. The zero-order valence-electron chi connectivity index (χ0n) is 18.0. The van der Waals surface area contributed by atoms with Gasteiger partial charge in [-0.2, -0.15) is 0 Å². The van der Waals surface area contributed by atoms with Gasteiger partial charge in [-0.25, -0.2) is 4.79 Å². The highest BCUT2D eigenvalue weighted by atomic mass is 35.5. The third kappa shape index (κ3) is 5.01. The number of pyridine rings is 1. The van der Waals surface area contributed by atoms with E-state index in [1.165, 1.54) is 0 Å². The first-order valence-electron chi connectivity index (χ1n) is 10.4. The van der Waals surface area contributed by atoms with Crippen molar-refractivity contribution in [2.24, 2.45) is 0 Å². The number of halogens is 1. The van der Waals surface area contributed by atoms with Gasteiger partial charge in [0.15, 0.2) is 0 Å². The number of nitrogens with one attached hydrogen (secondary N) is 2. The Bertz CT molecular complexity index is 1310. The van der Waals surface area contributed by atoms with E-state index in [0.717, 1.165) is 27.6 Å². The van der Waals surface area contributed by atoms with Gasteiger partial charge in [0, 0.05) is 33.7 Å². The molecule has 3 aromatic carbocycles. The average molecular weight is 446 g/mol. The molecule has 162 valence electrons. The van der Waals surface area contributed by atoms with E-state index < -0.39 is 0 Å². The van der Waals surface area contributed by atoms with E-state index in [-0.39, 0.29) is 18.1 Å². The number of aromatic nitrogens is 1. The topological polar surface area (TPSA) is 65.2 Å². The number of fused-ring (bicyclic) bond motifs is 1. The molecule has 6 heteroatoms. The monoisotopic (exact) mass is 445 g/mol. The molecule has 0 saturated carbocycles. The maximum absolute atomic E-state index is 13.2. The van der Waals surface area contributed by atoms with Crippen LogP contribution in [-0.2, 0) is 13.1 Å². The van der Waals surface area contributed by atoms with Crippen molar-refractivity contribution in [2.45, 2.75) is 26.9 Å². The fourth-order valence-corrected chi connectivity index (χ4v) is 3.90. The maximum atomic E-state index is 13.2. The second-order valence-electron chi connectivity index (χ2n) is 7.95. The normalized spacial score (nSPS) is 10.8. The summed E-state index contributed by atoms with van der Waals surface area (Å²) in [5.41, 5.74) is 4.92. The molecule has 0 radical (unpaired) electrons. The van der Waals surface area contributed by atoms with Crippen LogP contribution in [0.1, 0.15) is 22.3 Å². The van der Waals surface area contributed by atoms with E-state index in [4.69, 9.17) is 11.6 Å². The van der Waals surface area contributed by atoms with Crippen LogP contribution in [0.15, 0.2) is 77.6 Å². The average Bonchev–Trinajstić information content (AvgIpc) is 2.76. The third-order valence-electron chi connectivity index (χ3n) is 5.35. The number of H-pyrrole nitrogens is 1. The molecule has 0 atom stereocenters. The summed E-state index contributed by atoms with van der Waals surface area (Å²) in [5.74, 6) is 0. The Kier molecular flexibility index (Phi) is 6.28. The first-order valence-corrected chi connectivity index (χ1v) is 10.8. The Hall–Kier alpha value is -3.57. The Morgan fingerprint density at radius 1 is 0.969 bits per heavy atom. The number of aromatic amines is 1. The fraction of sp³-hybridized carbons (Fsp3) is 0.154. The number of aryl methyl sites for hydroxylation is 2. The Balaban J connectivity index is 1.66. The first-order chi connectivity index (χ1) is 15.4. The second-order valence-corrected chi connectivity index (χ2v) is 8.38. The predicted octanol–water partition coefficient (Wildman–Crippen LogP) is 6.03. The maximum Gasteiger partial charge on any atom is 0.322 e. The van der Waals surface area contributed by atoms with Crippen molar-refractivity contribution in [1.82, 2.24) is 9.88 Å². The number of nitrogens with zero attached hydrogens (tertiary/aromatic N) is 1. The second kappa shape index (κ2) is 9.28. The van der Waals surface area contributed by atoms with Gasteiger partial charge >= 0.3 is 6.03 Å². The smallest absolute Gasteiger partial charge is 0.322 e. The van der Waals surface area contributed by atoms with Crippen molar-refractivity contribution in [3.8, 4) is 0 Å². The van der Waals surface area contributed by atoms with Gasteiger partial charge in [-0.15, -0.1) is 0 Å². The number of benzene rings is 3. The Morgan fingerprint density at radius 3 is 2.41 bits per heavy atom. The molecule has 0 spiro atoms. The molecule has 0 fully saturated rings. The quantitative estimate of drug-likeness (QED) is 0.393. The minimum Gasteiger partial charge on any atom is -0.322 e. The standard InChI is InChI=1S/C26H24ClN3O2/c1-17-12-18(2)23-14-20(25(31)29-24(23)13-17)16-30(15-19-6-4-3-5-7-19)26(32)28-22-10-8-21(27)9-11-22/h3-14H,15-16H2,1-2H3,(H,28,32)(H,29,31). The molecule has 0 saturated heterocycles. The molecule has 2 amide bonds. The summed E-state index contributed by atoms with van der Waals surface area (Å²) in [5, 5.41) is 4.47. The van der Waals surface area contributed by atoms with E-state index in [9.17, 15) is 9.59 Å². The van der Waals surface area contributed by atoms with Crippen LogP contribution in [0.25, 0.3) is 10.9 Å². The summed E-state index contributed by atoms with van der Waals surface area (Å²) >= 11 is 5.95. The number of urea groups is 1. The SMILES string of the molecule is Cc1cc(C)c2cc(CN(Cc3ccccc3)C(=O)Nc3ccc(Cl)cc3)c(=O)[nH]c2c1. The lowest BCUT2D eigenvalue weighted by Gasteiger charge is -2.23. The predicted molar refractivity (Wildman–Crippen MR) is 130 cm³/mol. The Morgan fingerprint density at radius 2 is 1.69 bits per heavy atom. The summed E-state index contributed by atoms with van der Waals surface area (Å²) in [6, 6.07) is 22.3. The zero-order chi connectivity index (χ0) is 22.7. The lowest BCUT2D eigenvalue weighted by Crippen LogP contribution is -2.35. The molecule has 2 N–H and O–H groups in total. The first kappa shape index (κ1) is 21.7. The van der Waals surface area contributed by atoms with Gasteiger partial charge < -0.3 is 15.2 Å². The number of hydrogen-bond donors (Lipinski definition) is 2. The zero-order valence-corrected chi connectivity index (χ0v) is 18.7. The highest BCUT2D eigenvalue weighted by Gasteiger charge is 2.17. The van der Waals surface area contributed by atoms with E-state index in [1.54, 1.807) is 29.2 Å². The van der Waals surface area contributed by atoms with Crippen LogP contribution < -0.4 is 10.9 Å². The molecule has 4 rings (SSSR count). The summed E-state index contributed by atoms with van der Waals surface area (Å²) < 4.78 is 0. The van der Waals surface area contributed by atoms with Crippen molar-refractivity contribution in [2.75, 3.05) is 5.32 Å². The largest absolute Gasteiger partial charge is 0.322 e. The van der Waals surface area contributed by atoms with Gasteiger partial charge in [-0.05, 0) is 66.9 Å². The number of carbonyl (C=O) groups is 1. The third-order valence-corrected chi connectivity index (χ3v) is 5.60. The molecule has 1 heterocycles. The number of hydrogen-bond acceptors (Lipinski definition) is 2. The van der Waals surface area contributed by atoms with E-state index in [2.05, 4.69) is 16.4 Å². The minimum absolute atomic E-state index is 0.174. The van der Waals surface area contributed by atoms with Crippen LogP contribution >= 0.6 is 11.6 Å². The van der Waals surface area contributed by atoms with Crippen LogP contribution in [0.3, 0.4) is 0 Å². The van der Waals surface area contributed by atoms with Crippen molar-refractivity contribution in [3.05, 3.63) is 110 Å². The van der Waals surface area contributed by atoms with Crippen molar-refractivity contribution < 1.29 is 4.79 Å². The van der Waals surface area contributed by atoms with E-state index >= 15 is 0 Å². The van der Waals surface area contributed by atoms with Gasteiger partial charge in [0.1, 0.15) is 0 Å². The molecule has 32 heavy (non-hydrogen) atoms. The van der Waals surface area contributed by atoms with Gasteiger partial charge in [0.2, 0.25) is 0 Å². The van der Waals surface area contributed by atoms with Crippen LogP contribution in [0, 0.1) is 13.8 Å². The summed E-state index contributed by atoms with van der Waals surface area (Å²) in [6.07, 6.45) is 0. The Labute approximate surface area is 191 Å². The van der Waals surface area contributed by atoms with Crippen molar-refractivity contribution in [3.63, 3.8) is 0 Å². The van der Waals surface area contributed by atoms with Gasteiger partial charge in [-0.3, -0.25) is 4.79 Å². The van der Waals surface area contributed by atoms with Crippen molar-refractivity contribution >= 4 is 34.2 Å². The minimum atomic E-state index is -0.295. The van der Waals surface area contributed by atoms with E-state index in [0.29, 0.717) is 22.8 Å². The lowest BCUT2D eigenvalue weighted by molar-refractivity contribution is 0.206. The molecular weight excluding hydrogens is 422 g/mol. The molecular formula is C26H24ClN3O2. The van der Waals surface area contributed by atoms with Crippen LogP contribution in [0.5, 0.6) is 0 Å². The lowest BCUT2D eigenvalue weighted by atomic mass is 10.0. The van der Waals surface area contributed by atoms with E-state index in [1.807, 2.05) is 56.3 Å². The number of rotatable bonds is 5. The van der Waals surface area contributed by atoms with Crippen LogP contribution in [-0.4, -0.2) is 15.9 Å². The molecule has 0 aliphatic carbocycles. The van der Waals surface area contributed by atoms with Crippen molar-refractivity contribution in [1.29, 1.82) is 0 Å². The molecule has 0 bridgehead atoms. The molecule has 0 aliphatic heterocycles. The van der Waals surface area contributed by atoms with Crippen LogP contribution in [0.4, 0.5) is 10.5 Å². The van der Waals surface area contributed by atoms with Crippen LogP contribution in [0.2, 0.25) is 5.02 Å². The number of amides is 2. The number of carbonyl (C=O) groups excluding carboxylic acids is 1. The molecule has 0 unspecified atom stereocenters.